The van der Waals surface area contributed by atoms with E-state index >= 15 is 0 Å². The Morgan fingerprint density at radius 1 is 1.15 bits per heavy atom. The van der Waals surface area contributed by atoms with E-state index in [1.807, 2.05) is 42.0 Å². The summed E-state index contributed by atoms with van der Waals surface area (Å²) in [4.78, 5) is 29.5. The molecule has 2 aliphatic carbocycles. The van der Waals surface area contributed by atoms with Crippen molar-refractivity contribution in [1.82, 2.24) is 5.32 Å². The maximum absolute atomic E-state index is 12.9. The Hall–Kier alpha value is -1.92. The molecular formula is C20H28N4O2. The molecule has 6 heteroatoms. The van der Waals surface area contributed by atoms with E-state index < -0.39 is 0 Å². The zero-order valence-electron chi connectivity index (χ0n) is 15.6. The molecule has 1 aromatic rings. The highest BCUT2D eigenvalue weighted by Gasteiger charge is 2.43. The molecule has 3 N–H and O–H groups in total. The number of anilines is 2. The number of rotatable bonds is 5. The molecule has 0 saturated heterocycles. The van der Waals surface area contributed by atoms with Crippen LogP contribution in [0.3, 0.4) is 0 Å². The van der Waals surface area contributed by atoms with Crippen molar-refractivity contribution < 1.29 is 9.59 Å². The molecule has 0 spiro atoms. The van der Waals surface area contributed by atoms with Gasteiger partial charge in [-0.1, -0.05) is 6.07 Å². The second kappa shape index (κ2) is 6.67. The second-order valence-corrected chi connectivity index (χ2v) is 7.97. The molecule has 3 aliphatic rings. The van der Waals surface area contributed by atoms with Crippen LogP contribution in [0, 0.1) is 11.8 Å². The monoisotopic (exact) mass is 356 g/mol. The summed E-state index contributed by atoms with van der Waals surface area (Å²) in [5, 5.41) is 3.10. The van der Waals surface area contributed by atoms with Gasteiger partial charge in [0.05, 0.1) is 17.4 Å². The van der Waals surface area contributed by atoms with Crippen LogP contribution in [0.25, 0.3) is 0 Å². The fourth-order valence-electron chi connectivity index (χ4n) is 3.83. The lowest BCUT2D eigenvalue weighted by molar-refractivity contribution is -0.122. The smallest absolute Gasteiger partial charge is 0.230 e. The first-order valence-electron chi connectivity index (χ1n) is 9.69. The molecule has 140 valence electrons. The van der Waals surface area contributed by atoms with E-state index in [1.165, 1.54) is 0 Å². The number of fused-ring (bicyclic) bond motifs is 1. The van der Waals surface area contributed by atoms with Gasteiger partial charge < -0.3 is 20.9 Å². The molecule has 2 amide bonds. The molecule has 1 heterocycles. The van der Waals surface area contributed by atoms with E-state index in [-0.39, 0.29) is 35.7 Å². The van der Waals surface area contributed by atoms with Crippen molar-refractivity contribution in [3.05, 3.63) is 23.8 Å². The molecule has 0 aromatic heterocycles. The quantitative estimate of drug-likeness (QED) is 0.843. The van der Waals surface area contributed by atoms with Gasteiger partial charge in [-0.25, -0.2) is 0 Å². The van der Waals surface area contributed by atoms with E-state index in [9.17, 15) is 9.59 Å². The summed E-state index contributed by atoms with van der Waals surface area (Å²) < 4.78 is 0. The van der Waals surface area contributed by atoms with Gasteiger partial charge in [0.2, 0.25) is 11.8 Å². The van der Waals surface area contributed by atoms with Gasteiger partial charge in [-0.15, -0.1) is 0 Å². The number of nitrogens with one attached hydrogen (secondary N) is 1. The van der Waals surface area contributed by atoms with Gasteiger partial charge in [0.1, 0.15) is 0 Å². The van der Waals surface area contributed by atoms with E-state index in [0.717, 1.165) is 42.6 Å². The van der Waals surface area contributed by atoms with Crippen LogP contribution < -0.4 is 20.9 Å². The molecule has 6 nitrogen and oxygen atoms in total. The number of hydrogen-bond donors (Lipinski definition) is 2. The first kappa shape index (κ1) is 17.5. The predicted octanol–water partition coefficient (Wildman–Crippen LogP) is 1.79. The lowest BCUT2D eigenvalue weighted by Gasteiger charge is -2.42. The van der Waals surface area contributed by atoms with Gasteiger partial charge >= 0.3 is 0 Å². The summed E-state index contributed by atoms with van der Waals surface area (Å²) >= 11 is 0. The van der Waals surface area contributed by atoms with Crippen LogP contribution in [0.4, 0.5) is 11.4 Å². The zero-order chi connectivity index (χ0) is 18.4. The fraction of sp³-hybridized carbons (Fsp3) is 0.600. The van der Waals surface area contributed by atoms with Crippen LogP contribution in [-0.4, -0.2) is 38.0 Å². The van der Waals surface area contributed by atoms with Crippen molar-refractivity contribution in [2.24, 2.45) is 17.6 Å². The maximum Gasteiger partial charge on any atom is 0.230 e. The summed E-state index contributed by atoms with van der Waals surface area (Å²) in [5.74, 6) is 0.693. The Morgan fingerprint density at radius 2 is 1.81 bits per heavy atom. The fourth-order valence-corrected chi connectivity index (χ4v) is 3.83. The average molecular weight is 356 g/mol. The first-order valence-corrected chi connectivity index (χ1v) is 9.69. The third-order valence-corrected chi connectivity index (χ3v) is 5.65. The van der Waals surface area contributed by atoms with Gasteiger partial charge in [-0.2, -0.15) is 0 Å². The van der Waals surface area contributed by atoms with Crippen LogP contribution in [0.5, 0.6) is 0 Å². The Labute approximate surface area is 154 Å². The van der Waals surface area contributed by atoms with E-state index in [2.05, 4.69) is 5.32 Å². The number of nitrogens with zero attached hydrogens (tertiary/aromatic N) is 2. The second-order valence-electron chi connectivity index (χ2n) is 7.97. The van der Waals surface area contributed by atoms with Gasteiger partial charge in [-0.05, 0) is 57.4 Å². The number of carbonyl (C=O) groups is 2. The van der Waals surface area contributed by atoms with Crippen LogP contribution in [0.2, 0.25) is 0 Å². The highest BCUT2D eigenvalue weighted by atomic mass is 16.2. The SMILES string of the molecule is CNCC(N)c1ccc2c(c1)N(C(=O)C1CC1)C[C@H](C)N2C(=O)C1CC1. The first-order chi connectivity index (χ1) is 12.5. The van der Waals surface area contributed by atoms with Crippen molar-refractivity contribution >= 4 is 23.2 Å². The van der Waals surface area contributed by atoms with Gasteiger partial charge in [0.15, 0.2) is 0 Å². The normalized spacial score (nSPS) is 23.6. The molecule has 1 unspecified atom stereocenters. The number of likely N-dealkylation sites (N-methyl/N-ethyl adjacent to an activating group) is 1. The predicted molar refractivity (Wildman–Crippen MR) is 102 cm³/mol. The lowest BCUT2D eigenvalue weighted by atomic mass is 10.0. The average Bonchev–Trinajstić information content (AvgIpc) is 3.51. The number of carbonyl (C=O) groups excluding carboxylic acids is 2. The minimum atomic E-state index is -0.143. The van der Waals surface area contributed by atoms with Gasteiger partial charge in [-0.3, -0.25) is 9.59 Å². The van der Waals surface area contributed by atoms with Gasteiger partial charge in [0.25, 0.3) is 0 Å². The Kier molecular flexibility index (Phi) is 4.49. The minimum absolute atomic E-state index is 0.00451. The minimum Gasteiger partial charge on any atom is -0.323 e. The Balaban J connectivity index is 1.74. The van der Waals surface area contributed by atoms with E-state index in [0.29, 0.717) is 13.1 Å². The highest BCUT2D eigenvalue weighted by molar-refractivity contribution is 6.06. The van der Waals surface area contributed by atoms with E-state index in [1.54, 1.807) is 0 Å². The molecule has 26 heavy (non-hydrogen) atoms. The maximum atomic E-state index is 12.9. The summed E-state index contributed by atoms with van der Waals surface area (Å²) in [6.45, 7) is 3.26. The third kappa shape index (κ3) is 3.12. The molecule has 2 saturated carbocycles. The van der Waals surface area contributed by atoms with Crippen molar-refractivity contribution in [3.8, 4) is 0 Å². The summed E-state index contributed by atoms with van der Waals surface area (Å²) in [7, 11) is 1.87. The molecule has 1 aliphatic heterocycles. The highest BCUT2D eigenvalue weighted by Crippen LogP contribution is 2.43. The molecule has 0 radical (unpaired) electrons. The van der Waals surface area contributed by atoms with Gasteiger partial charge in [0, 0.05) is 31.0 Å². The van der Waals surface area contributed by atoms with Crippen molar-refractivity contribution in [2.45, 2.75) is 44.7 Å². The Bertz CT molecular complexity index is 727. The van der Waals surface area contributed by atoms with Crippen molar-refractivity contribution in [3.63, 3.8) is 0 Å². The van der Waals surface area contributed by atoms with Crippen LogP contribution in [-0.2, 0) is 9.59 Å². The summed E-state index contributed by atoms with van der Waals surface area (Å²) in [5.41, 5.74) is 8.95. The molecule has 2 atom stereocenters. The number of benzene rings is 1. The summed E-state index contributed by atoms with van der Waals surface area (Å²) in [6.07, 6.45) is 3.91. The van der Waals surface area contributed by atoms with Crippen LogP contribution >= 0.6 is 0 Å². The van der Waals surface area contributed by atoms with Crippen LogP contribution in [0.15, 0.2) is 18.2 Å². The zero-order valence-corrected chi connectivity index (χ0v) is 15.6. The Morgan fingerprint density at radius 3 is 2.42 bits per heavy atom. The largest absolute Gasteiger partial charge is 0.323 e. The standard InChI is InChI=1S/C20H28N4O2/c1-12-11-23(19(25)13-3-4-13)18-9-15(16(21)10-22-2)7-8-17(18)24(12)20(26)14-5-6-14/h7-9,12-14,16,22H,3-6,10-11,21H2,1-2H3/t12-,16?/m0/s1. The van der Waals surface area contributed by atoms with Crippen LogP contribution in [0.1, 0.15) is 44.2 Å². The van der Waals surface area contributed by atoms with Crippen molar-refractivity contribution in [2.75, 3.05) is 29.9 Å². The van der Waals surface area contributed by atoms with E-state index in [4.69, 9.17) is 5.73 Å². The number of amides is 2. The topological polar surface area (TPSA) is 78.7 Å². The molecule has 4 rings (SSSR count). The summed E-state index contributed by atoms with van der Waals surface area (Å²) in [6, 6.07) is 5.83. The number of hydrogen-bond acceptors (Lipinski definition) is 4. The third-order valence-electron chi connectivity index (χ3n) is 5.65. The molecule has 1 aromatic carbocycles. The number of nitrogens with two attached hydrogens (primary N) is 1. The molecular weight excluding hydrogens is 328 g/mol. The lowest BCUT2D eigenvalue weighted by Crippen LogP contribution is -2.52. The molecule has 2 fully saturated rings. The molecule has 0 bridgehead atoms. The van der Waals surface area contributed by atoms with Crippen molar-refractivity contribution in [1.29, 1.82) is 0 Å².